The lowest BCUT2D eigenvalue weighted by atomic mass is 10.2. The fourth-order valence-electron chi connectivity index (χ4n) is 2.01. The summed E-state index contributed by atoms with van der Waals surface area (Å²) in [6.45, 7) is 1.68. The number of rotatable bonds is 6. The zero-order valence-corrected chi connectivity index (χ0v) is 13.6. The van der Waals surface area contributed by atoms with Gasteiger partial charge in [-0.05, 0) is 30.5 Å². The molecule has 0 amide bonds. The Hall–Kier alpha value is -2.94. The Morgan fingerprint density at radius 1 is 1.33 bits per heavy atom. The van der Waals surface area contributed by atoms with Gasteiger partial charge in [-0.3, -0.25) is 10.1 Å². The summed E-state index contributed by atoms with van der Waals surface area (Å²) in [7, 11) is 1.44. The van der Waals surface area contributed by atoms with Gasteiger partial charge in [0.05, 0.1) is 23.0 Å². The van der Waals surface area contributed by atoms with E-state index in [1.54, 1.807) is 13.0 Å². The predicted octanol–water partition coefficient (Wildman–Crippen LogP) is 3.85. The van der Waals surface area contributed by atoms with Crippen LogP contribution in [0, 0.1) is 10.1 Å². The Morgan fingerprint density at radius 2 is 2.17 bits per heavy atom. The summed E-state index contributed by atoms with van der Waals surface area (Å²) < 4.78 is 16.2. The fraction of sp³-hybridized carbons (Fsp3) is 0.200. The molecule has 0 spiro atoms. The van der Waals surface area contributed by atoms with Crippen molar-refractivity contribution in [3.05, 3.63) is 51.7 Å². The number of benzene rings is 1. The van der Waals surface area contributed by atoms with Crippen molar-refractivity contribution in [3.8, 4) is 22.3 Å². The van der Waals surface area contributed by atoms with Crippen LogP contribution in [-0.2, 0) is 0 Å². The smallest absolute Gasteiger partial charge is 0.314 e. The van der Waals surface area contributed by atoms with Gasteiger partial charge in [-0.25, -0.2) is 0 Å². The second kappa shape index (κ2) is 6.67. The van der Waals surface area contributed by atoms with Crippen molar-refractivity contribution in [2.24, 2.45) is 0 Å². The molecule has 8 nitrogen and oxygen atoms in total. The Morgan fingerprint density at radius 3 is 2.83 bits per heavy atom. The summed E-state index contributed by atoms with van der Waals surface area (Å²) in [5.41, 5.74) is -0.195. The number of ether oxygens (including phenoxy) is 2. The molecule has 0 aliphatic carbocycles. The highest BCUT2D eigenvalue weighted by atomic mass is 32.1. The van der Waals surface area contributed by atoms with E-state index in [1.165, 1.54) is 30.6 Å². The molecule has 0 saturated heterocycles. The highest BCUT2D eigenvalue weighted by molar-refractivity contribution is 7.13. The number of nitrogens with zero attached hydrogens (tertiary/aromatic N) is 3. The lowest BCUT2D eigenvalue weighted by Gasteiger charge is -2.11. The molecule has 1 atom stereocenters. The van der Waals surface area contributed by atoms with Crippen LogP contribution in [0.2, 0.25) is 0 Å². The van der Waals surface area contributed by atoms with Gasteiger partial charge >= 0.3 is 5.69 Å². The van der Waals surface area contributed by atoms with E-state index < -0.39 is 11.0 Å². The first-order chi connectivity index (χ1) is 11.6. The normalized spacial score (nSPS) is 11.9. The Labute approximate surface area is 140 Å². The summed E-state index contributed by atoms with van der Waals surface area (Å²) in [5, 5.41) is 21.0. The van der Waals surface area contributed by atoms with E-state index in [9.17, 15) is 10.1 Å². The maximum atomic E-state index is 11.2. The standard InChI is InChI=1S/C15H13N3O5S/c1-9(14-16-17-15(23-14)13-4-3-7-24-13)22-12-6-5-10(21-2)8-11(12)18(19)20/h3-9H,1-2H3/t9-/m1/s1. The predicted molar refractivity (Wildman–Crippen MR) is 86.3 cm³/mol. The van der Waals surface area contributed by atoms with Crippen LogP contribution in [0.4, 0.5) is 5.69 Å². The molecule has 0 unspecified atom stereocenters. The second-order valence-electron chi connectivity index (χ2n) is 4.77. The van der Waals surface area contributed by atoms with Crippen LogP contribution in [0.3, 0.4) is 0 Å². The topological polar surface area (TPSA) is 101 Å². The van der Waals surface area contributed by atoms with E-state index in [-0.39, 0.29) is 17.3 Å². The molecular weight excluding hydrogens is 334 g/mol. The van der Waals surface area contributed by atoms with Gasteiger partial charge in [0.15, 0.2) is 11.9 Å². The van der Waals surface area contributed by atoms with Gasteiger partial charge in [-0.1, -0.05) is 6.07 Å². The molecule has 3 aromatic rings. The van der Waals surface area contributed by atoms with Crippen LogP contribution >= 0.6 is 11.3 Å². The average Bonchev–Trinajstić information content (AvgIpc) is 3.26. The van der Waals surface area contributed by atoms with Crippen molar-refractivity contribution in [2.75, 3.05) is 7.11 Å². The molecule has 0 radical (unpaired) electrons. The fourth-order valence-corrected chi connectivity index (χ4v) is 2.65. The Bertz CT molecular complexity index is 847. The third kappa shape index (κ3) is 3.20. The SMILES string of the molecule is COc1ccc(O[C@H](C)c2nnc(-c3cccs3)o2)c([N+](=O)[O-])c1. The van der Waals surface area contributed by atoms with Crippen molar-refractivity contribution in [3.63, 3.8) is 0 Å². The van der Waals surface area contributed by atoms with Gasteiger partial charge in [0, 0.05) is 0 Å². The molecule has 24 heavy (non-hydrogen) atoms. The number of hydrogen-bond acceptors (Lipinski definition) is 8. The van der Waals surface area contributed by atoms with Gasteiger partial charge in [-0.15, -0.1) is 21.5 Å². The molecule has 1 aromatic carbocycles. The largest absolute Gasteiger partial charge is 0.496 e. The van der Waals surface area contributed by atoms with Crippen LogP contribution in [0.25, 0.3) is 10.8 Å². The van der Waals surface area contributed by atoms with Gasteiger partial charge in [-0.2, -0.15) is 0 Å². The number of aromatic nitrogens is 2. The van der Waals surface area contributed by atoms with E-state index in [0.29, 0.717) is 11.6 Å². The molecule has 0 N–H and O–H groups in total. The van der Waals surface area contributed by atoms with Crippen LogP contribution in [-0.4, -0.2) is 22.2 Å². The summed E-state index contributed by atoms with van der Waals surface area (Å²) in [5.74, 6) is 1.10. The van der Waals surface area contributed by atoms with E-state index in [1.807, 2.05) is 17.5 Å². The van der Waals surface area contributed by atoms with Crippen LogP contribution in [0.15, 0.2) is 40.1 Å². The lowest BCUT2D eigenvalue weighted by Crippen LogP contribution is -2.05. The van der Waals surface area contributed by atoms with Gasteiger partial charge < -0.3 is 13.9 Å². The third-order valence-electron chi connectivity index (χ3n) is 3.19. The Balaban J connectivity index is 1.82. The minimum absolute atomic E-state index is 0.101. The molecule has 2 heterocycles. The molecular formula is C15H13N3O5S. The van der Waals surface area contributed by atoms with Crippen LogP contribution in [0.1, 0.15) is 18.9 Å². The average molecular weight is 347 g/mol. The summed E-state index contributed by atoms with van der Waals surface area (Å²) in [6.07, 6.45) is -0.640. The maximum Gasteiger partial charge on any atom is 0.314 e. The number of thiophene rings is 1. The van der Waals surface area contributed by atoms with Crippen molar-refractivity contribution < 1.29 is 18.8 Å². The van der Waals surface area contributed by atoms with Gasteiger partial charge in [0.1, 0.15) is 5.75 Å². The van der Waals surface area contributed by atoms with Crippen LogP contribution in [0.5, 0.6) is 11.5 Å². The Kier molecular flexibility index (Phi) is 4.43. The molecule has 9 heteroatoms. The minimum atomic E-state index is -0.640. The molecule has 0 bridgehead atoms. The van der Waals surface area contributed by atoms with Crippen molar-refractivity contribution >= 4 is 17.0 Å². The maximum absolute atomic E-state index is 11.2. The van der Waals surface area contributed by atoms with Gasteiger partial charge in [0.2, 0.25) is 0 Å². The number of nitro groups is 1. The molecule has 124 valence electrons. The first-order valence-corrected chi connectivity index (χ1v) is 7.83. The molecule has 0 saturated carbocycles. The van der Waals surface area contributed by atoms with Crippen molar-refractivity contribution in [1.82, 2.24) is 10.2 Å². The number of methoxy groups -OCH3 is 1. The molecule has 0 aliphatic rings. The van der Waals surface area contributed by atoms with Crippen molar-refractivity contribution in [2.45, 2.75) is 13.0 Å². The second-order valence-corrected chi connectivity index (χ2v) is 5.72. The van der Waals surface area contributed by atoms with Gasteiger partial charge in [0.25, 0.3) is 11.8 Å². The molecule has 3 rings (SSSR count). The first kappa shape index (κ1) is 15.9. The molecule has 2 aromatic heterocycles. The monoisotopic (exact) mass is 347 g/mol. The van der Waals surface area contributed by atoms with E-state index in [2.05, 4.69) is 10.2 Å². The minimum Gasteiger partial charge on any atom is -0.496 e. The zero-order chi connectivity index (χ0) is 17.1. The number of nitro benzene ring substituents is 1. The third-order valence-corrected chi connectivity index (χ3v) is 4.04. The highest BCUT2D eigenvalue weighted by Crippen LogP contribution is 2.34. The number of hydrogen-bond donors (Lipinski definition) is 0. The van der Waals surface area contributed by atoms with E-state index >= 15 is 0 Å². The highest BCUT2D eigenvalue weighted by Gasteiger charge is 2.22. The summed E-state index contributed by atoms with van der Waals surface area (Å²) in [6, 6.07) is 8.10. The first-order valence-electron chi connectivity index (χ1n) is 6.95. The van der Waals surface area contributed by atoms with E-state index in [0.717, 1.165) is 4.88 Å². The summed E-state index contributed by atoms with van der Waals surface area (Å²) >= 11 is 1.48. The summed E-state index contributed by atoms with van der Waals surface area (Å²) in [4.78, 5) is 11.5. The van der Waals surface area contributed by atoms with Crippen LogP contribution < -0.4 is 9.47 Å². The quantitative estimate of drug-likeness (QED) is 0.493. The zero-order valence-electron chi connectivity index (χ0n) is 12.8. The van der Waals surface area contributed by atoms with E-state index in [4.69, 9.17) is 13.9 Å². The molecule has 0 fully saturated rings. The van der Waals surface area contributed by atoms with Crippen molar-refractivity contribution in [1.29, 1.82) is 0 Å². The lowest BCUT2D eigenvalue weighted by molar-refractivity contribution is -0.386. The molecule has 0 aliphatic heterocycles.